The molecule has 1 heteroatoms. The molecule has 6 aliphatic carbocycles. The molecule has 0 spiro atoms. The van der Waals surface area contributed by atoms with Crippen LogP contribution in [-0.4, -0.2) is 0 Å². The average molecular weight is 960 g/mol. The van der Waals surface area contributed by atoms with E-state index in [0.717, 1.165) is 29.1 Å². The van der Waals surface area contributed by atoms with Crippen molar-refractivity contribution in [2.24, 2.45) is 17.8 Å². The molecule has 0 aliphatic heterocycles. The Kier molecular flexibility index (Phi) is 9.42. The molecule has 2 atom stereocenters. The quantitative estimate of drug-likeness (QED) is 0.147. The fourth-order valence-corrected chi connectivity index (χ4v) is 16.5. The van der Waals surface area contributed by atoms with E-state index in [0.29, 0.717) is 5.41 Å². The molecule has 358 valence electrons. The van der Waals surface area contributed by atoms with Gasteiger partial charge in [0.15, 0.2) is 0 Å². The molecule has 0 heterocycles. The SMILES string of the molecule is c1ccc(C2(c3ccc4ccccc4c3)c3ccccc3-c3ccc(N(c4ccc(C56CC7CC(CC(C7)C5)C6)cc4)c4ccc5c(c4)C(c4ccccc4)(c4ccc6ccccc6c4)c4ccccc4-5)cc32)cc1. The smallest absolute Gasteiger partial charge is 0.0714 e. The standard InChI is InChI=1S/C74H57N/c1-3-19-57(20-4-1)73(59-29-27-52-15-7-9-17-54(52)42-59)68-25-13-11-23-64(68)66-37-35-62(44-70(66)73)75(61-33-31-56(32-34-61)72-46-49-39-50(47-72)41-51(40-49)48-72)63-36-38-67-65-24-12-14-26-69(65)74(71(67)45-63,58-21-5-2-6-22-58)60-30-28-53-16-8-10-18-55(53)43-60/h1-38,42-45,49-51H,39-41,46-48H2. The largest absolute Gasteiger partial charge is 0.310 e. The maximum absolute atomic E-state index is 2.59. The predicted octanol–water partition coefficient (Wildman–Crippen LogP) is 18.7. The minimum atomic E-state index is -0.570. The van der Waals surface area contributed by atoms with Gasteiger partial charge >= 0.3 is 0 Å². The maximum atomic E-state index is 2.59. The van der Waals surface area contributed by atoms with Crippen molar-refractivity contribution in [1.29, 1.82) is 0 Å². The van der Waals surface area contributed by atoms with E-state index in [1.54, 1.807) is 5.56 Å². The van der Waals surface area contributed by atoms with Gasteiger partial charge in [-0.05, 0) is 204 Å². The summed E-state index contributed by atoms with van der Waals surface area (Å²) in [4.78, 5) is 2.59. The zero-order chi connectivity index (χ0) is 49.3. The Morgan fingerprint density at radius 1 is 0.267 bits per heavy atom. The van der Waals surface area contributed by atoms with Crippen molar-refractivity contribution in [2.45, 2.75) is 54.8 Å². The second-order valence-corrected chi connectivity index (χ2v) is 23.0. The van der Waals surface area contributed by atoms with Gasteiger partial charge in [-0.25, -0.2) is 0 Å². The van der Waals surface area contributed by atoms with Crippen molar-refractivity contribution >= 4 is 38.6 Å². The van der Waals surface area contributed by atoms with Crippen LogP contribution < -0.4 is 4.90 Å². The highest BCUT2D eigenvalue weighted by Gasteiger charge is 2.52. The number of fused-ring (bicyclic) bond motifs is 8. The number of rotatable bonds is 8. The molecule has 4 bridgehead atoms. The molecular formula is C74H57N. The van der Waals surface area contributed by atoms with Gasteiger partial charge in [0, 0.05) is 17.1 Å². The van der Waals surface area contributed by atoms with Gasteiger partial charge < -0.3 is 4.90 Å². The first-order chi connectivity index (χ1) is 37.1. The van der Waals surface area contributed by atoms with Crippen molar-refractivity contribution in [3.8, 4) is 22.3 Å². The van der Waals surface area contributed by atoms with E-state index in [9.17, 15) is 0 Å². The summed E-state index contributed by atoms with van der Waals surface area (Å²) in [5.41, 5.74) is 19.7. The van der Waals surface area contributed by atoms with Crippen molar-refractivity contribution in [3.63, 3.8) is 0 Å². The van der Waals surface area contributed by atoms with Crippen LogP contribution in [0.4, 0.5) is 17.1 Å². The summed E-state index contributed by atoms with van der Waals surface area (Å²) < 4.78 is 0. The van der Waals surface area contributed by atoms with Crippen molar-refractivity contribution < 1.29 is 0 Å². The minimum absolute atomic E-state index is 0.307. The van der Waals surface area contributed by atoms with Crippen molar-refractivity contribution in [3.05, 3.63) is 305 Å². The van der Waals surface area contributed by atoms with Gasteiger partial charge in [0.05, 0.1) is 10.8 Å². The van der Waals surface area contributed by atoms with Crippen LogP contribution in [-0.2, 0) is 16.2 Å². The lowest BCUT2D eigenvalue weighted by atomic mass is 9.48. The molecule has 0 radical (unpaired) electrons. The Morgan fingerprint density at radius 3 is 1.11 bits per heavy atom. The lowest BCUT2D eigenvalue weighted by Crippen LogP contribution is -2.48. The fourth-order valence-electron chi connectivity index (χ4n) is 16.5. The van der Waals surface area contributed by atoms with Crippen LogP contribution in [0.3, 0.4) is 0 Å². The normalized spacial score (nSPS) is 23.4. The molecule has 11 aromatic rings. The fraction of sp³-hybridized carbons (Fsp3) is 0.162. The Morgan fingerprint density at radius 2 is 0.640 bits per heavy atom. The van der Waals surface area contributed by atoms with E-state index >= 15 is 0 Å². The van der Waals surface area contributed by atoms with Gasteiger partial charge in [0.25, 0.3) is 0 Å². The van der Waals surface area contributed by atoms with E-state index in [1.807, 2.05) is 0 Å². The molecule has 0 amide bonds. The van der Waals surface area contributed by atoms with Gasteiger partial charge in [-0.1, -0.05) is 206 Å². The summed E-state index contributed by atoms with van der Waals surface area (Å²) >= 11 is 0. The number of nitrogens with zero attached hydrogens (tertiary/aromatic N) is 1. The summed E-state index contributed by atoms with van der Waals surface area (Å²) in [7, 11) is 0. The molecule has 4 fully saturated rings. The van der Waals surface area contributed by atoms with Gasteiger partial charge in [-0.15, -0.1) is 0 Å². The maximum Gasteiger partial charge on any atom is 0.0714 e. The predicted molar refractivity (Wildman–Crippen MR) is 311 cm³/mol. The van der Waals surface area contributed by atoms with Crippen LogP contribution in [0.15, 0.2) is 255 Å². The number of anilines is 3. The second kappa shape index (κ2) is 16.4. The van der Waals surface area contributed by atoms with E-state index < -0.39 is 10.8 Å². The molecular weight excluding hydrogens is 903 g/mol. The minimum Gasteiger partial charge on any atom is -0.310 e. The molecule has 17 rings (SSSR count). The summed E-state index contributed by atoms with van der Waals surface area (Å²) in [6, 6.07) is 97.7. The van der Waals surface area contributed by atoms with E-state index in [-0.39, 0.29) is 0 Å². The molecule has 6 aliphatic rings. The van der Waals surface area contributed by atoms with Crippen molar-refractivity contribution in [2.75, 3.05) is 4.90 Å². The zero-order valence-corrected chi connectivity index (χ0v) is 42.2. The van der Waals surface area contributed by atoms with Crippen molar-refractivity contribution in [1.82, 2.24) is 0 Å². The first kappa shape index (κ1) is 43.2. The lowest BCUT2D eigenvalue weighted by molar-refractivity contribution is -0.00518. The Hall–Kier alpha value is -8.26. The monoisotopic (exact) mass is 959 g/mol. The topological polar surface area (TPSA) is 3.24 Å². The van der Waals surface area contributed by atoms with E-state index in [2.05, 4.69) is 260 Å². The lowest BCUT2D eigenvalue weighted by Gasteiger charge is -2.57. The van der Waals surface area contributed by atoms with Crippen LogP contribution in [0.2, 0.25) is 0 Å². The number of benzene rings is 11. The molecule has 4 saturated carbocycles. The molecule has 75 heavy (non-hydrogen) atoms. The summed E-state index contributed by atoms with van der Waals surface area (Å²) in [5.74, 6) is 2.66. The Bertz CT molecular complexity index is 3800. The summed E-state index contributed by atoms with van der Waals surface area (Å²) in [6.07, 6.45) is 8.40. The van der Waals surface area contributed by atoms with Gasteiger partial charge in [-0.3, -0.25) is 0 Å². The molecule has 1 nitrogen and oxygen atoms in total. The van der Waals surface area contributed by atoms with E-state index in [1.165, 1.54) is 133 Å². The third-order valence-electron chi connectivity index (χ3n) is 19.1. The highest BCUT2D eigenvalue weighted by Crippen LogP contribution is 2.63. The number of hydrogen-bond donors (Lipinski definition) is 0. The Balaban J connectivity index is 0.947. The van der Waals surface area contributed by atoms with E-state index in [4.69, 9.17) is 0 Å². The highest BCUT2D eigenvalue weighted by atomic mass is 15.1. The van der Waals surface area contributed by atoms with Crippen LogP contribution in [0.25, 0.3) is 43.8 Å². The third kappa shape index (κ3) is 6.25. The second-order valence-electron chi connectivity index (χ2n) is 23.0. The first-order valence-electron chi connectivity index (χ1n) is 27.6. The first-order valence-corrected chi connectivity index (χ1v) is 27.6. The van der Waals surface area contributed by atoms with Crippen LogP contribution in [0.1, 0.15) is 88.6 Å². The molecule has 0 saturated heterocycles. The van der Waals surface area contributed by atoms with Crippen LogP contribution >= 0.6 is 0 Å². The third-order valence-corrected chi connectivity index (χ3v) is 19.1. The molecule has 0 aromatic heterocycles. The summed E-state index contributed by atoms with van der Waals surface area (Å²) in [5, 5.41) is 5.00. The zero-order valence-electron chi connectivity index (χ0n) is 42.2. The molecule has 11 aromatic carbocycles. The van der Waals surface area contributed by atoms with Crippen LogP contribution in [0.5, 0.6) is 0 Å². The molecule has 0 N–H and O–H groups in total. The van der Waals surface area contributed by atoms with Gasteiger partial charge in [0.2, 0.25) is 0 Å². The van der Waals surface area contributed by atoms with Gasteiger partial charge in [-0.2, -0.15) is 0 Å². The van der Waals surface area contributed by atoms with Gasteiger partial charge in [0.1, 0.15) is 0 Å². The Labute approximate surface area is 440 Å². The summed E-state index contributed by atoms with van der Waals surface area (Å²) in [6.45, 7) is 0. The number of hydrogen-bond acceptors (Lipinski definition) is 1. The van der Waals surface area contributed by atoms with Crippen LogP contribution in [0, 0.1) is 17.8 Å². The molecule has 2 unspecified atom stereocenters. The highest BCUT2D eigenvalue weighted by molar-refractivity contribution is 5.94. The average Bonchev–Trinajstić information content (AvgIpc) is 4.05.